The van der Waals surface area contributed by atoms with Crippen LogP contribution >= 0.6 is 11.8 Å². The number of aromatic carboxylic acids is 1. The van der Waals surface area contributed by atoms with Crippen LogP contribution in [-0.4, -0.2) is 11.1 Å². The number of hydrogen-bond acceptors (Lipinski definition) is 3. The van der Waals surface area contributed by atoms with Gasteiger partial charge in [0.15, 0.2) is 0 Å². The summed E-state index contributed by atoms with van der Waals surface area (Å²) in [6.45, 7) is 5.96. The Labute approximate surface area is 122 Å². The molecular weight excluding hydrogens is 270 g/mol. The molecule has 0 saturated carbocycles. The van der Waals surface area contributed by atoms with Gasteiger partial charge in [-0.15, -0.1) is 0 Å². The third-order valence-electron chi connectivity index (χ3n) is 3.30. The highest BCUT2D eigenvalue weighted by Crippen LogP contribution is 2.32. The van der Waals surface area contributed by atoms with Crippen molar-refractivity contribution < 1.29 is 9.90 Å². The number of nitrogens with two attached hydrogens (primary N) is 1. The van der Waals surface area contributed by atoms with Crippen LogP contribution in [0.25, 0.3) is 0 Å². The first kappa shape index (κ1) is 14.5. The van der Waals surface area contributed by atoms with Gasteiger partial charge >= 0.3 is 5.97 Å². The van der Waals surface area contributed by atoms with Crippen molar-refractivity contribution in [1.82, 2.24) is 0 Å². The number of hydrogen-bond donors (Lipinski definition) is 2. The minimum atomic E-state index is -0.992. The normalized spacial score (nSPS) is 10.6. The molecule has 0 amide bonds. The van der Waals surface area contributed by atoms with Crippen LogP contribution < -0.4 is 5.73 Å². The van der Waals surface area contributed by atoms with Gasteiger partial charge in [-0.2, -0.15) is 0 Å². The van der Waals surface area contributed by atoms with Crippen LogP contribution in [0.1, 0.15) is 27.0 Å². The standard InChI is InChI=1S/C16H17NO2S/c1-9-4-5-12(6-10(9)2)20-13-7-11(3)15(17)14(8-13)16(18)19/h4-8H,17H2,1-3H3,(H,18,19). The zero-order valence-electron chi connectivity index (χ0n) is 11.7. The molecule has 4 heteroatoms. The van der Waals surface area contributed by atoms with Crippen LogP contribution in [0.2, 0.25) is 0 Å². The van der Waals surface area contributed by atoms with Crippen LogP contribution in [0.5, 0.6) is 0 Å². The van der Waals surface area contributed by atoms with Crippen molar-refractivity contribution in [2.75, 3.05) is 5.73 Å². The molecule has 3 N–H and O–H groups in total. The summed E-state index contributed by atoms with van der Waals surface area (Å²) >= 11 is 1.55. The summed E-state index contributed by atoms with van der Waals surface area (Å²) in [5.74, 6) is -0.992. The lowest BCUT2D eigenvalue weighted by Gasteiger charge is -2.10. The van der Waals surface area contributed by atoms with E-state index in [4.69, 9.17) is 5.73 Å². The molecule has 0 spiro atoms. The van der Waals surface area contributed by atoms with Gasteiger partial charge in [0, 0.05) is 15.5 Å². The number of carboxylic acids is 1. The second kappa shape index (κ2) is 5.59. The SMILES string of the molecule is Cc1ccc(Sc2cc(C)c(N)c(C(=O)O)c2)cc1C. The molecule has 0 aliphatic carbocycles. The molecule has 0 heterocycles. The van der Waals surface area contributed by atoms with E-state index in [-0.39, 0.29) is 5.56 Å². The maximum atomic E-state index is 11.2. The van der Waals surface area contributed by atoms with E-state index in [9.17, 15) is 9.90 Å². The van der Waals surface area contributed by atoms with Gasteiger partial charge in [-0.05, 0) is 61.7 Å². The maximum absolute atomic E-state index is 11.2. The van der Waals surface area contributed by atoms with E-state index in [1.807, 2.05) is 19.1 Å². The van der Waals surface area contributed by atoms with Gasteiger partial charge in [0.05, 0.1) is 5.56 Å². The van der Waals surface area contributed by atoms with E-state index >= 15 is 0 Å². The summed E-state index contributed by atoms with van der Waals surface area (Å²) in [5, 5.41) is 9.17. The highest BCUT2D eigenvalue weighted by atomic mass is 32.2. The topological polar surface area (TPSA) is 63.3 Å². The Kier molecular flexibility index (Phi) is 4.04. The fraction of sp³-hybridized carbons (Fsp3) is 0.188. The van der Waals surface area contributed by atoms with E-state index in [0.29, 0.717) is 5.69 Å². The average molecular weight is 287 g/mol. The van der Waals surface area contributed by atoms with E-state index in [1.54, 1.807) is 17.8 Å². The van der Waals surface area contributed by atoms with Gasteiger partial charge in [0.25, 0.3) is 0 Å². The minimum absolute atomic E-state index is 0.163. The van der Waals surface area contributed by atoms with Gasteiger partial charge < -0.3 is 10.8 Å². The van der Waals surface area contributed by atoms with Gasteiger partial charge in [-0.3, -0.25) is 0 Å². The number of aryl methyl sites for hydroxylation is 3. The van der Waals surface area contributed by atoms with E-state index < -0.39 is 5.97 Å². The van der Waals surface area contributed by atoms with Crippen LogP contribution in [0, 0.1) is 20.8 Å². The van der Waals surface area contributed by atoms with Crippen molar-refractivity contribution in [2.45, 2.75) is 30.6 Å². The molecule has 3 nitrogen and oxygen atoms in total. The zero-order valence-corrected chi connectivity index (χ0v) is 12.5. The fourth-order valence-corrected chi connectivity index (χ4v) is 2.97. The lowest BCUT2D eigenvalue weighted by Crippen LogP contribution is -2.04. The smallest absolute Gasteiger partial charge is 0.337 e. The van der Waals surface area contributed by atoms with Crippen molar-refractivity contribution in [3.63, 3.8) is 0 Å². The molecule has 0 aliphatic heterocycles. The first-order valence-corrected chi connectivity index (χ1v) is 7.08. The Morgan fingerprint density at radius 1 is 1.00 bits per heavy atom. The van der Waals surface area contributed by atoms with Crippen LogP contribution in [-0.2, 0) is 0 Å². The van der Waals surface area contributed by atoms with Crippen molar-refractivity contribution in [1.29, 1.82) is 0 Å². The molecule has 0 aromatic heterocycles. The summed E-state index contributed by atoms with van der Waals surface area (Å²) in [4.78, 5) is 13.2. The van der Waals surface area contributed by atoms with Crippen molar-refractivity contribution >= 4 is 23.4 Å². The first-order valence-electron chi connectivity index (χ1n) is 6.27. The number of carbonyl (C=O) groups is 1. The molecular formula is C16H17NO2S. The van der Waals surface area contributed by atoms with Gasteiger partial charge in [0.2, 0.25) is 0 Å². The summed E-state index contributed by atoms with van der Waals surface area (Å²) < 4.78 is 0. The number of nitrogen functional groups attached to an aromatic ring is 1. The van der Waals surface area contributed by atoms with Gasteiger partial charge in [-0.25, -0.2) is 4.79 Å². The molecule has 0 saturated heterocycles. The molecule has 0 bridgehead atoms. The molecule has 0 aliphatic rings. The Hall–Kier alpha value is -1.94. The highest BCUT2D eigenvalue weighted by Gasteiger charge is 2.12. The Balaban J connectivity index is 2.38. The Morgan fingerprint density at radius 2 is 1.65 bits per heavy atom. The summed E-state index contributed by atoms with van der Waals surface area (Å²) in [6.07, 6.45) is 0. The van der Waals surface area contributed by atoms with Crippen LogP contribution in [0.4, 0.5) is 5.69 Å². The molecule has 2 aromatic rings. The van der Waals surface area contributed by atoms with E-state index in [0.717, 1.165) is 15.4 Å². The third kappa shape index (κ3) is 2.96. The fourth-order valence-electron chi connectivity index (χ4n) is 1.91. The number of rotatable bonds is 3. The Morgan fingerprint density at radius 3 is 2.25 bits per heavy atom. The zero-order chi connectivity index (χ0) is 14.9. The first-order chi connectivity index (χ1) is 9.38. The molecule has 0 fully saturated rings. The van der Waals surface area contributed by atoms with Crippen LogP contribution in [0.3, 0.4) is 0 Å². The molecule has 0 unspecified atom stereocenters. The Bertz CT molecular complexity index is 680. The van der Waals surface area contributed by atoms with Crippen LogP contribution in [0.15, 0.2) is 40.1 Å². The average Bonchev–Trinajstić information content (AvgIpc) is 2.37. The number of anilines is 1. The molecule has 2 rings (SSSR count). The predicted octanol–water partition coefficient (Wildman–Crippen LogP) is 4.04. The molecule has 2 aromatic carbocycles. The van der Waals surface area contributed by atoms with Gasteiger partial charge in [-0.1, -0.05) is 17.8 Å². The number of benzene rings is 2. The second-order valence-corrected chi connectivity index (χ2v) is 6.00. The second-order valence-electron chi connectivity index (χ2n) is 4.85. The molecule has 20 heavy (non-hydrogen) atoms. The molecule has 0 radical (unpaired) electrons. The minimum Gasteiger partial charge on any atom is -0.478 e. The largest absolute Gasteiger partial charge is 0.478 e. The lowest BCUT2D eigenvalue weighted by atomic mass is 10.1. The quantitative estimate of drug-likeness (QED) is 0.836. The predicted molar refractivity (Wildman–Crippen MR) is 82.6 cm³/mol. The van der Waals surface area contributed by atoms with Gasteiger partial charge in [0.1, 0.15) is 0 Å². The summed E-state index contributed by atoms with van der Waals surface area (Å²) in [5.41, 5.74) is 9.55. The van der Waals surface area contributed by atoms with Crippen molar-refractivity contribution in [3.05, 3.63) is 52.6 Å². The maximum Gasteiger partial charge on any atom is 0.337 e. The van der Waals surface area contributed by atoms with Crippen molar-refractivity contribution in [3.8, 4) is 0 Å². The number of carboxylic acid groups (broad SMARTS) is 1. The summed E-state index contributed by atoms with van der Waals surface area (Å²) in [6, 6.07) is 9.76. The molecule has 0 atom stereocenters. The monoisotopic (exact) mass is 287 g/mol. The highest BCUT2D eigenvalue weighted by molar-refractivity contribution is 7.99. The lowest BCUT2D eigenvalue weighted by molar-refractivity contribution is 0.0697. The van der Waals surface area contributed by atoms with E-state index in [1.165, 1.54) is 11.1 Å². The third-order valence-corrected chi connectivity index (χ3v) is 4.27. The summed E-state index contributed by atoms with van der Waals surface area (Å²) in [7, 11) is 0. The van der Waals surface area contributed by atoms with Crippen molar-refractivity contribution in [2.24, 2.45) is 0 Å². The molecule has 104 valence electrons. The van der Waals surface area contributed by atoms with E-state index in [2.05, 4.69) is 26.0 Å².